The van der Waals surface area contributed by atoms with Gasteiger partial charge in [-0.25, -0.2) is 4.79 Å². The van der Waals surface area contributed by atoms with E-state index < -0.39 is 29.9 Å². The number of para-hydroxylation sites is 1. The highest BCUT2D eigenvalue weighted by molar-refractivity contribution is 6.01. The van der Waals surface area contributed by atoms with Gasteiger partial charge in [0.05, 0.1) is 25.6 Å². The van der Waals surface area contributed by atoms with Gasteiger partial charge in [-0.2, -0.15) is 0 Å². The molecule has 0 fully saturated rings. The zero-order valence-corrected chi connectivity index (χ0v) is 21.2. The third kappa shape index (κ3) is 7.71. The Bertz CT molecular complexity index is 1350. The normalized spacial score (nSPS) is 12.1. The number of fused-ring (bicyclic) bond motifs is 1. The highest BCUT2D eigenvalue weighted by Gasteiger charge is 2.23. The number of rotatable bonds is 10. The van der Waals surface area contributed by atoms with Gasteiger partial charge in [0.1, 0.15) is 0 Å². The molecule has 0 bridgehead atoms. The Labute approximate surface area is 224 Å². The van der Waals surface area contributed by atoms with E-state index in [1.165, 1.54) is 6.07 Å². The lowest BCUT2D eigenvalue weighted by Crippen LogP contribution is -2.39. The van der Waals surface area contributed by atoms with Gasteiger partial charge in [0, 0.05) is 16.9 Å². The summed E-state index contributed by atoms with van der Waals surface area (Å²) >= 11 is 0. The van der Waals surface area contributed by atoms with Gasteiger partial charge in [-0.05, 0) is 55.0 Å². The quantitative estimate of drug-likeness (QED) is 0.292. The zero-order valence-electron chi connectivity index (χ0n) is 21.2. The van der Waals surface area contributed by atoms with Crippen molar-refractivity contribution in [2.75, 3.05) is 30.6 Å². The standard InChI is InChI=1S/C28H28N4O7/c1-2-37-26(34)15-22(18-11-12-23-24(14-18)39-17-38-23)32-25(33)16-29-27(35)19-7-6-10-21(13-19)31-28(36)30-20-8-4-3-5-9-20/h3-14,22H,2,15-17H2,1H3,(H,29,35)(H,32,33)(H2,30,31,36). The molecule has 11 nitrogen and oxygen atoms in total. The summed E-state index contributed by atoms with van der Waals surface area (Å²) in [4.78, 5) is 49.8. The third-order valence-corrected chi connectivity index (χ3v) is 5.63. The lowest BCUT2D eigenvalue weighted by Gasteiger charge is -2.19. The van der Waals surface area contributed by atoms with Crippen LogP contribution in [0.3, 0.4) is 0 Å². The molecule has 11 heteroatoms. The van der Waals surface area contributed by atoms with Crippen LogP contribution in [-0.2, 0) is 14.3 Å². The van der Waals surface area contributed by atoms with Gasteiger partial charge >= 0.3 is 12.0 Å². The van der Waals surface area contributed by atoms with Crippen LogP contribution in [0.1, 0.15) is 35.3 Å². The minimum atomic E-state index is -0.710. The highest BCUT2D eigenvalue weighted by atomic mass is 16.7. The van der Waals surface area contributed by atoms with Crippen molar-refractivity contribution in [3.8, 4) is 11.5 Å². The van der Waals surface area contributed by atoms with Crippen LogP contribution in [0.25, 0.3) is 0 Å². The Morgan fingerprint density at radius 2 is 1.62 bits per heavy atom. The summed E-state index contributed by atoms with van der Waals surface area (Å²) in [6.07, 6.45) is -0.105. The average Bonchev–Trinajstić information content (AvgIpc) is 3.40. The second-order valence-electron chi connectivity index (χ2n) is 8.45. The molecule has 4 rings (SSSR count). The molecule has 0 radical (unpaired) electrons. The van der Waals surface area contributed by atoms with Crippen molar-refractivity contribution in [1.82, 2.24) is 10.6 Å². The van der Waals surface area contributed by atoms with E-state index in [1.807, 2.05) is 6.07 Å². The minimum absolute atomic E-state index is 0.0914. The van der Waals surface area contributed by atoms with E-state index in [0.29, 0.717) is 28.4 Å². The van der Waals surface area contributed by atoms with Crippen LogP contribution >= 0.6 is 0 Å². The third-order valence-electron chi connectivity index (χ3n) is 5.63. The highest BCUT2D eigenvalue weighted by Crippen LogP contribution is 2.34. The summed E-state index contributed by atoms with van der Waals surface area (Å²) < 4.78 is 15.8. The SMILES string of the molecule is CCOC(=O)CC(NC(=O)CNC(=O)c1cccc(NC(=O)Nc2ccccc2)c1)c1ccc2c(c1)OCO2. The number of hydrogen-bond donors (Lipinski definition) is 4. The largest absolute Gasteiger partial charge is 0.466 e. The first-order valence-electron chi connectivity index (χ1n) is 12.3. The van der Waals surface area contributed by atoms with E-state index in [9.17, 15) is 19.2 Å². The number of carbonyl (C=O) groups is 4. The van der Waals surface area contributed by atoms with Crippen molar-refractivity contribution < 1.29 is 33.4 Å². The van der Waals surface area contributed by atoms with Crippen LogP contribution < -0.4 is 30.7 Å². The number of carbonyl (C=O) groups excluding carboxylic acids is 4. The van der Waals surface area contributed by atoms with Gasteiger partial charge in [0.2, 0.25) is 12.7 Å². The van der Waals surface area contributed by atoms with E-state index in [2.05, 4.69) is 21.3 Å². The summed E-state index contributed by atoms with van der Waals surface area (Å²) in [5.41, 5.74) is 1.90. The van der Waals surface area contributed by atoms with E-state index in [-0.39, 0.29) is 31.9 Å². The fourth-order valence-electron chi connectivity index (χ4n) is 3.83. The topological polar surface area (TPSA) is 144 Å². The van der Waals surface area contributed by atoms with Crippen molar-refractivity contribution in [2.45, 2.75) is 19.4 Å². The number of hydrogen-bond acceptors (Lipinski definition) is 7. The number of urea groups is 1. The Balaban J connectivity index is 1.34. The molecule has 4 amide bonds. The molecule has 0 saturated carbocycles. The smallest absolute Gasteiger partial charge is 0.323 e. The fourth-order valence-corrected chi connectivity index (χ4v) is 3.83. The number of nitrogens with one attached hydrogen (secondary N) is 4. The molecular formula is C28H28N4O7. The molecule has 0 saturated heterocycles. The van der Waals surface area contributed by atoms with Crippen LogP contribution in [0, 0.1) is 0 Å². The van der Waals surface area contributed by atoms with E-state index in [1.54, 1.807) is 67.6 Å². The summed E-state index contributed by atoms with van der Waals surface area (Å²) in [6.45, 7) is 1.66. The Morgan fingerprint density at radius 3 is 2.41 bits per heavy atom. The van der Waals surface area contributed by atoms with Gasteiger partial charge in [0.15, 0.2) is 11.5 Å². The fraction of sp³-hybridized carbons (Fsp3) is 0.214. The Kier molecular flexibility index (Phi) is 8.96. The number of amides is 4. The summed E-state index contributed by atoms with van der Waals surface area (Å²) in [5.74, 6) is -0.421. The predicted octanol–water partition coefficient (Wildman–Crippen LogP) is 3.60. The molecular weight excluding hydrogens is 504 g/mol. The van der Waals surface area contributed by atoms with E-state index in [0.717, 1.165) is 0 Å². The van der Waals surface area contributed by atoms with Gasteiger partial charge in [-0.1, -0.05) is 30.3 Å². The van der Waals surface area contributed by atoms with E-state index >= 15 is 0 Å². The lowest BCUT2D eigenvalue weighted by atomic mass is 10.0. The maximum absolute atomic E-state index is 12.7. The lowest BCUT2D eigenvalue weighted by molar-refractivity contribution is -0.143. The molecule has 1 heterocycles. The first-order chi connectivity index (χ1) is 18.9. The second-order valence-corrected chi connectivity index (χ2v) is 8.45. The van der Waals surface area contributed by atoms with Crippen molar-refractivity contribution in [1.29, 1.82) is 0 Å². The van der Waals surface area contributed by atoms with Gasteiger partial charge in [-0.15, -0.1) is 0 Å². The van der Waals surface area contributed by atoms with Crippen molar-refractivity contribution in [3.63, 3.8) is 0 Å². The van der Waals surface area contributed by atoms with Crippen molar-refractivity contribution in [3.05, 3.63) is 83.9 Å². The van der Waals surface area contributed by atoms with Crippen LogP contribution in [-0.4, -0.2) is 43.8 Å². The molecule has 1 aliphatic rings. The van der Waals surface area contributed by atoms with Gasteiger partial charge in [-0.3, -0.25) is 14.4 Å². The molecule has 1 aliphatic heterocycles. The van der Waals surface area contributed by atoms with Crippen LogP contribution in [0.2, 0.25) is 0 Å². The van der Waals surface area contributed by atoms with Crippen LogP contribution in [0.5, 0.6) is 11.5 Å². The number of esters is 1. The van der Waals surface area contributed by atoms with Crippen molar-refractivity contribution in [2.24, 2.45) is 0 Å². The molecule has 0 spiro atoms. The van der Waals surface area contributed by atoms with Gasteiger partial charge in [0.25, 0.3) is 5.91 Å². The number of benzene rings is 3. The van der Waals surface area contributed by atoms with E-state index in [4.69, 9.17) is 14.2 Å². The number of ether oxygens (including phenoxy) is 3. The molecule has 0 aromatic heterocycles. The maximum atomic E-state index is 12.7. The molecule has 4 N–H and O–H groups in total. The van der Waals surface area contributed by atoms with Crippen LogP contribution in [0.4, 0.5) is 16.2 Å². The molecule has 1 atom stereocenters. The Hall–Kier alpha value is -5.06. The average molecular weight is 533 g/mol. The second kappa shape index (κ2) is 13.0. The summed E-state index contributed by atoms with van der Waals surface area (Å²) in [5, 5.41) is 10.7. The molecule has 1 unspecified atom stereocenters. The van der Waals surface area contributed by atoms with Crippen molar-refractivity contribution >= 4 is 35.2 Å². The summed E-state index contributed by atoms with van der Waals surface area (Å²) in [7, 11) is 0. The first-order valence-corrected chi connectivity index (χ1v) is 12.3. The predicted molar refractivity (Wildman–Crippen MR) is 143 cm³/mol. The first kappa shape index (κ1) is 27.0. The molecule has 202 valence electrons. The Morgan fingerprint density at radius 1 is 0.872 bits per heavy atom. The van der Waals surface area contributed by atoms with Gasteiger partial charge < -0.3 is 35.5 Å². The zero-order chi connectivity index (χ0) is 27.6. The molecule has 3 aromatic carbocycles. The van der Waals surface area contributed by atoms with Crippen LogP contribution in [0.15, 0.2) is 72.8 Å². The summed E-state index contributed by atoms with van der Waals surface area (Å²) in [6, 6.07) is 19.2. The number of anilines is 2. The molecule has 0 aliphatic carbocycles. The molecule has 3 aromatic rings. The monoisotopic (exact) mass is 532 g/mol. The minimum Gasteiger partial charge on any atom is -0.466 e. The molecule has 39 heavy (non-hydrogen) atoms. The maximum Gasteiger partial charge on any atom is 0.323 e.